The van der Waals surface area contributed by atoms with Gasteiger partial charge in [-0.3, -0.25) is 9.59 Å². The first-order valence-electron chi connectivity index (χ1n) is 10.2. The Labute approximate surface area is 202 Å². The van der Waals surface area contributed by atoms with Crippen molar-refractivity contribution in [2.45, 2.75) is 25.9 Å². The fourth-order valence-electron chi connectivity index (χ4n) is 3.29. The third-order valence-corrected chi connectivity index (χ3v) is 7.83. The number of nitrogens with one attached hydrogen (secondary N) is 2. The van der Waals surface area contributed by atoms with Gasteiger partial charge in [-0.2, -0.15) is 0 Å². The summed E-state index contributed by atoms with van der Waals surface area (Å²) in [5.74, 6) is -0.722. The van der Waals surface area contributed by atoms with E-state index < -0.39 is 5.97 Å². The van der Waals surface area contributed by atoms with Gasteiger partial charge in [0.25, 0.3) is 5.56 Å². The molecule has 0 aliphatic rings. The summed E-state index contributed by atoms with van der Waals surface area (Å²) in [5.41, 5.74) is 2.74. The molecule has 0 atom stereocenters. The number of rotatable bonds is 7. The van der Waals surface area contributed by atoms with Crippen molar-refractivity contribution in [2.24, 2.45) is 0 Å². The van der Waals surface area contributed by atoms with E-state index in [4.69, 9.17) is 4.74 Å². The molecule has 3 aromatic heterocycles. The van der Waals surface area contributed by atoms with Gasteiger partial charge in [-0.25, -0.2) is 9.78 Å². The number of thioether (sulfide) groups is 1. The summed E-state index contributed by atoms with van der Waals surface area (Å²) < 4.78 is 5.12. The van der Waals surface area contributed by atoms with E-state index in [0.29, 0.717) is 25.9 Å². The van der Waals surface area contributed by atoms with Gasteiger partial charge in [-0.15, -0.1) is 22.7 Å². The highest BCUT2D eigenvalue weighted by molar-refractivity contribution is 7.99. The highest BCUT2D eigenvalue weighted by Gasteiger charge is 2.22. The highest BCUT2D eigenvalue weighted by Crippen LogP contribution is 2.34. The lowest BCUT2D eigenvalue weighted by Crippen LogP contribution is -2.17. The van der Waals surface area contributed by atoms with E-state index in [9.17, 15) is 14.4 Å². The summed E-state index contributed by atoms with van der Waals surface area (Å²) in [4.78, 5) is 46.5. The number of H-pyrrole nitrogens is 1. The predicted molar refractivity (Wildman–Crippen MR) is 135 cm³/mol. The van der Waals surface area contributed by atoms with Crippen molar-refractivity contribution in [3.05, 3.63) is 62.1 Å². The van der Waals surface area contributed by atoms with Gasteiger partial charge in [0, 0.05) is 15.8 Å². The number of amides is 1. The fourth-order valence-corrected chi connectivity index (χ4v) is 6.02. The number of nitrogens with zero attached hydrogens (tertiary/aromatic N) is 1. The molecule has 4 aromatic rings. The van der Waals surface area contributed by atoms with E-state index in [-0.39, 0.29) is 23.8 Å². The normalized spacial score (nSPS) is 11.0. The number of anilines is 1. The zero-order chi connectivity index (χ0) is 23.5. The molecule has 0 saturated heterocycles. The number of benzene rings is 1. The molecule has 170 valence electrons. The van der Waals surface area contributed by atoms with Gasteiger partial charge in [0.15, 0.2) is 5.16 Å². The number of carbonyl (C=O) groups is 2. The second-order valence-corrected chi connectivity index (χ2v) is 10.2. The molecule has 1 amide bonds. The van der Waals surface area contributed by atoms with Gasteiger partial charge in [-0.1, -0.05) is 42.1 Å². The Morgan fingerprint density at radius 2 is 1.97 bits per heavy atom. The maximum Gasteiger partial charge on any atom is 0.341 e. The monoisotopic (exact) mass is 499 g/mol. The standard InChI is InChI=1S/C23H21N3O4S3/c1-4-30-22(29)17-12(2)13(3)33-21(17)24-16(27)11-32-23-25-19(28)18-15(10-31-20(18)26-23)14-8-6-5-7-9-14/h5-10H,4,11H2,1-3H3,(H,24,27)(H,25,26,28). The Kier molecular flexibility index (Phi) is 6.96. The SMILES string of the molecule is CCOC(=O)c1c(NC(=O)CSc2nc3scc(-c4ccccc4)c3c(=O)[nH]2)sc(C)c1C. The van der Waals surface area contributed by atoms with Crippen LogP contribution in [0.3, 0.4) is 0 Å². The molecule has 2 N–H and O–H groups in total. The van der Waals surface area contributed by atoms with Crippen LogP contribution in [0.4, 0.5) is 5.00 Å². The molecule has 0 aliphatic heterocycles. The maximum atomic E-state index is 12.8. The van der Waals surface area contributed by atoms with Gasteiger partial charge in [0.2, 0.25) is 5.91 Å². The zero-order valence-corrected chi connectivity index (χ0v) is 20.6. The minimum atomic E-state index is -0.453. The number of hydrogen-bond acceptors (Lipinski definition) is 8. The molecule has 0 saturated carbocycles. The van der Waals surface area contributed by atoms with E-state index in [1.165, 1.54) is 22.7 Å². The molecule has 0 aliphatic carbocycles. The lowest BCUT2D eigenvalue weighted by atomic mass is 10.1. The first-order chi connectivity index (χ1) is 15.9. The summed E-state index contributed by atoms with van der Waals surface area (Å²) >= 11 is 3.86. The first kappa shape index (κ1) is 23.2. The van der Waals surface area contributed by atoms with Gasteiger partial charge in [0.1, 0.15) is 9.83 Å². The molecule has 0 unspecified atom stereocenters. The Hall–Kier alpha value is -2.95. The summed E-state index contributed by atoms with van der Waals surface area (Å²) in [7, 11) is 0. The largest absolute Gasteiger partial charge is 0.462 e. The van der Waals surface area contributed by atoms with Crippen LogP contribution in [0.1, 0.15) is 27.7 Å². The van der Waals surface area contributed by atoms with E-state index in [2.05, 4.69) is 15.3 Å². The van der Waals surface area contributed by atoms with E-state index in [1.54, 1.807) is 6.92 Å². The molecule has 0 bridgehead atoms. The lowest BCUT2D eigenvalue weighted by Gasteiger charge is -2.07. The minimum absolute atomic E-state index is 0.0314. The molecular formula is C23H21N3O4S3. The lowest BCUT2D eigenvalue weighted by molar-refractivity contribution is -0.113. The van der Waals surface area contributed by atoms with Crippen molar-refractivity contribution in [3.8, 4) is 11.1 Å². The van der Waals surface area contributed by atoms with Crippen LogP contribution in [0.15, 0.2) is 45.7 Å². The Bertz CT molecular complexity index is 1390. The number of ether oxygens (including phenoxy) is 1. The van der Waals surface area contributed by atoms with Crippen LogP contribution >= 0.6 is 34.4 Å². The number of hydrogen-bond donors (Lipinski definition) is 2. The Morgan fingerprint density at radius 3 is 2.70 bits per heavy atom. The molecule has 7 nitrogen and oxygen atoms in total. The van der Waals surface area contributed by atoms with Crippen LogP contribution in [-0.4, -0.2) is 34.2 Å². The van der Waals surface area contributed by atoms with Crippen LogP contribution in [0.25, 0.3) is 21.3 Å². The molecule has 0 radical (unpaired) electrons. The van der Waals surface area contributed by atoms with Crippen molar-refractivity contribution >= 4 is 61.5 Å². The molecule has 0 fully saturated rings. The topological polar surface area (TPSA) is 101 Å². The van der Waals surface area contributed by atoms with Crippen molar-refractivity contribution in [3.63, 3.8) is 0 Å². The van der Waals surface area contributed by atoms with E-state index in [0.717, 1.165) is 33.3 Å². The van der Waals surface area contributed by atoms with Crippen LogP contribution < -0.4 is 10.9 Å². The third kappa shape index (κ3) is 4.87. The third-order valence-electron chi connectivity index (χ3n) is 4.96. The quantitative estimate of drug-likeness (QED) is 0.205. The summed E-state index contributed by atoms with van der Waals surface area (Å²) in [6.45, 7) is 5.72. The summed E-state index contributed by atoms with van der Waals surface area (Å²) in [6, 6.07) is 9.67. The average Bonchev–Trinajstić information content (AvgIpc) is 3.34. The molecule has 1 aromatic carbocycles. The van der Waals surface area contributed by atoms with Crippen molar-refractivity contribution in [1.82, 2.24) is 9.97 Å². The van der Waals surface area contributed by atoms with Crippen LogP contribution in [0.5, 0.6) is 0 Å². The van der Waals surface area contributed by atoms with Crippen LogP contribution in [0.2, 0.25) is 0 Å². The van der Waals surface area contributed by atoms with Crippen molar-refractivity contribution < 1.29 is 14.3 Å². The van der Waals surface area contributed by atoms with Crippen molar-refractivity contribution in [2.75, 3.05) is 17.7 Å². The van der Waals surface area contributed by atoms with Gasteiger partial charge in [-0.05, 0) is 31.9 Å². The number of fused-ring (bicyclic) bond motifs is 1. The van der Waals surface area contributed by atoms with Gasteiger partial charge < -0.3 is 15.0 Å². The van der Waals surface area contributed by atoms with E-state index >= 15 is 0 Å². The summed E-state index contributed by atoms with van der Waals surface area (Å²) in [5, 5.41) is 6.10. The zero-order valence-electron chi connectivity index (χ0n) is 18.2. The Balaban J connectivity index is 1.50. The number of esters is 1. The molecule has 0 spiro atoms. The molecule has 10 heteroatoms. The van der Waals surface area contributed by atoms with Gasteiger partial charge >= 0.3 is 5.97 Å². The molecular weight excluding hydrogens is 478 g/mol. The van der Waals surface area contributed by atoms with Crippen molar-refractivity contribution in [1.29, 1.82) is 0 Å². The average molecular weight is 500 g/mol. The smallest absolute Gasteiger partial charge is 0.341 e. The second kappa shape index (κ2) is 9.90. The predicted octanol–water partition coefficient (Wildman–Crippen LogP) is 5.24. The van der Waals surface area contributed by atoms with Crippen LogP contribution in [0, 0.1) is 13.8 Å². The number of aromatic amines is 1. The highest BCUT2D eigenvalue weighted by atomic mass is 32.2. The van der Waals surface area contributed by atoms with E-state index in [1.807, 2.05) is 49.6 Å². The second-order valence-electron chi connectivity index (χ2n) is 7.11. The fraction of sp³-hybridized carbons (Fsp3) is 0.217. The Morgan fingerprint density at radius 1 is 1.21 bits per heavy atom. The number of carbonyl (C=O) groups excluding carboxylic acids is 2. The van der Waals surface area contributed by atoms with Gasteiger partial charge in [0.05, 0.1) is 23.3 Å². The maximum absolute atomic E-state index is 12.8. The minimum Gasteiger partial charge on any atom is -0.462 e. The first-order valence-corrected chi connectivity index (χ1v) is 12.8. The number of thiophene rings is 2. The molecule has 4 rings (SSSR count). The number of aryl methyl sites for hydroxylation is 1. The van der Waals surface area contributed by atoms with Crippen LogP contribution in [-0.2, 0) is 9.53 Å². The molecule has 3 heterocycles. The number of aromatic nitrogens is 2. The molecule has 33 heavy (non-hydrogen) atoms. The summed E-state index contributed by atoms with van der Waals surface area (Å²) in [6.07, 6.45) is 0.